The van der Waals surface area contributed by atoms with E-state index in [9.17, 15) is 0 Å². The van der Waals surface area contributed by atoms with Crippen LogP contribution in [-0.2, 0) is 52.4 Å². The molecule has 130 valence electrons. The number of para-hydroxylation sites is 1. The Morgan fingerprint density at radius 1 is 0.885 bits per heavy atom. The van der Waals surface area contributed by atoms with Crippen LogP contribution in [-0.4, -0.2) is 11.7 Å². The summed E-state index contributed by atoms with van der Waals surface area (Å²) in [6.07, 6.45) is 2.01. The van der Waals surface area contributed by atoms with Crippen LogP contribution in [0.3, 0.4) is 0 Å². The molecule has 0 saturated carbocycles. The minimum absolute atomic E-state index is 0. The molecule has 0 amide bonds. The average molecular weight is 389 g/mol. The molecule has 0 fully saturated rings. The third-order valence-corrected chi connectivity index (χ3v) is 2.25. The zero-order valence-corrected chi connectivity index (χ0v) is 15.0. The predicted molar refractivity (Wildman–Crippen MR) is 79.7 cm³/mol. The van der Waals surface area contributed by atoms with Crippen molar-refractivity contribution < 1.29 is 45.4 Å². The fourth-order valence-electron chi connectivity index (χ4n) is 1.59. The molecule has 0 spiro atoms. The first kappa shape index (κ1) is 34.8. The van der Waals surface area contributed by atoms with Crippen molar-refractivity contribution in [2.75, 3.05) is 7.11 Å². The van der Waals surface area contributed by atoms with E-state index in [0.29, 0.717) is 0 Å². The van der Waals surface area contributed by atoms with Crippen molar-refractivity contribution in [3.63, 3.8) is 0 Å². The van der Waals surface area contributed by atoms with Gasteiger partial charge in [-0.1, -0.05) is 30.0 Å². The van der Waals surface area contributed by atoms with Crippen LogP contribution in [0.1, 0.15) is 5.56 Å². The largest absolute Gasteiger partial charge is 0 e. The van der Waals surface area contributed by atoms with Gasteiger partial charge in [0.05, 0.1) is 5.56 Å². The number of nitrogens with zero attached hydrogens (tertiary/aromatic N) is 1. The average Bonchev–Trinajstić information content (AvgIpc) is 3.06. The van der Waals surface area contributed by atoms with E-state index in [1.54, 1.807) is 0 Å². The molecule has 0 unspecified atom stereocenters. The molecular formula is C18H11CrNO6. The van der Waals surface area contributed by atoms with Gasteiger partial charge in [0.1, 0.15) is 0 Å². The fourth-order valence-corrected chi connectivity index (χ4v) is 1.59. The molecule has 0 bridgehead atoms. The Bertz CT molecular complexity index is 709. The standard InChI is InChI=1S/C13H11NO.5CO.Cr/c1-14-10-11(6-5-9-15-2)12-7-3-4-8-13(12)14;5*1-2;/h3-4,7-8,10H,1-2H3;;;;;;. The van der Waals surface area contributed by atoms with Gasteiger partial charge in [0.2, 0.25) is 6.61 Å². The van der Waals surface area contributed by atoms with Gasteiger partial charge in [-0.3, -0.25) is 0 Å². The first-order valence-electron chi connectivity index (χ1n) is 5.68. The number of aryl methyl sites for hydroxylation is 1. The summed E-state index contributed by atoms with van der Waals surface area (Å²) in [5.74, 6) is 5.72. The van der Waals surface area contributed by atoms with Crippen LogP contribution in [0.4, 0.5) is 0 Å². The minimum atomic E-state index is 0. The third kappa shape index (κ3) is 13.9. The predicted octanol–water partition coefficient (Wildman–Crippen LogP) is 2.02. The maximum Gasteiger partial charge on any atom is 0 e. The molecule has 26 heavy (non-hydrogen) atoms. The van der Waals surface area contributed by atoms with Crippen LogP contribution in [0.5, 0.6) is 0 Å². The van der Waals surface area contributed by atoms with Crippen LogP contribution in [0.15, 0.2) is 30.5 Å². The Morgan fingerprint density at radius 2 is 1.35 bits per heavy atom. The number of benzene rings is 1. The second kappa shape index (κ2) is 30.4. The number of aromatic nitrogens is 1. The summed E-state index contributed by atoms with van der Waals surface area (Å²) in [4.78, 5) is 0. The Labute approximate surface area is 163 Å². The van der Waals surface area contributed by atoms with Crippen molar-refractivity contribution >= 4 is 10.9 Å². The Kier molecular flexibility index (Phi) is 40.7. The zero-order chi connectivity index (χ0) is 20.7. The maximum absolute atomic E-state index is 7.50. The monoisotopic (exact) mass is 389 g/mol. The van der Waals surface area contributed by atoms with Crippen LogP contribution >= 0.6 is 0 Å². The van der Waals surface area contributed by atoms with Crippen molar-refractivity contribution in [2.45, 2.75) is 0 Å². The van der Waals surface area contributed by atoms with E-state index in [0.717, 1.165) is 10.9 Å². The summed E-state index contributed by atoms with van der Waals surface area (Å²) in [6, 6.07) is 8.17. The summed E-state index contributed by atoms with van der Waals surface area (Å²) in [5.41, 5.74) is 2.18. The second-order valence-electron chi connectivity index (χ2n) is 3.23. The molecule has 7 nitrogen and oxygen atoms in total. The molecule has 0 N–H and O–H groups in total. The van der Waals surface area contributed by atoms with Crippen LogP contribution in [0.25, 0.3) is 10.9 Å². The molecule has 8 heteroatoms. The number of rotatable bonds is 1. The maximum atomic E-state index is 7.50. The molecule has 0 atom stereocenters. The van der Waals surface area contributed by atoms with E-state index in [1.165, 1.54) is 12.6 Å². The molecule has 2 radical (unpaired) electrons. The zero-order valence-electron chi connectivity index (χ0n) is 13.7. The van der Waals surface area contributed by atoms with Crippen molar-refractivity contribution in [1.29, 1.82) is 0 Å². The number of hydrogen-bond donors (Lipinski definition) is 0. The Hall–Kier alpha value is -2.49. The molecule has 0 aliphatic heterocycles. The van der Waals surface area contributed by atoms with Crippen molar-refractivity contribution in [3.8, 4) is 11.8 Å². The molecule has 0 saturated heterocycles. The van der Waals surface area contributed by atoms with Gasteiger partial charge in [-0.25, -0.2) is 0 Å². The van der Waals surface area contributed by atoms with Gasteiger partial charge in [-0.15, -0.1) is 0 Å². The smallest absolute Gasteiger partial charge is 0 e. The first-order valence-corrected chi connectivity index (χ1v) is 5.68. The van der Waals surface area contributed by atoms with Gasteiger partial charge in [0.25, 0.3) is 0 Å². The van der Waals surface area contributed by atoms with Gasteiger partial charge in [-0.05, 0) is 6.07 Å². The van der Waals surface area contributed by atoms with Crippen molar-refractivity contribution in [2.24, 2.45) is 7.05 Å². The number of ether oxygens (including phenoxy) is 1. The minimum Gasteiger partial charge on any atom is 0 e. The molecule has 1 heterocycles. The molecule has 2 rings (SSSR count). The van der Waals surface area contributed by atoms with E-state index in [1.807, 2.05) is 25.4 Å². The normalized spacial score (nSPS) is 6.15. The summed E-state index contributed by atoms with van der Waals surface area (Å²) in [5, 5.41) is 1.16. The van der Waals surface area contributed by atoms with E-state index in [-0.39, 0.29) is 17.4 Å². The van der Waals surface area contributed by atoms with Gasteiger partial charge in [-0.2, -0.15) is 0 Å². The molecular weight excluding hydrogens is 378 g/mol. The summed E-state index contributed by atoms with van der Waals surface area (Å²) in [6.45, 7) is 25.0. The number of methoxy groups -OCH3 is 1. The topological polar surface area (TPSA) is 114 Å². The van der Waals surface area contributed by atoms with E-state index < -0.39 is 0 Å². The molecule has 1 aromatic carbocycles. The summed E-state index contributed by atoms with van der Waals surface area (Å²) in [7, 11) is 3.55. The quantitative estimate of drug-likeness (QED) is 0.415. The summed E-state index contributed by atoms with van der Waals surface area (Å²) >= 11 is 0. The number of hydrogen-bond acceptors (Lipinski definition) is 1. The van der Waals surface area contributed by atoms with E-state index in [2.05, 4.69) is 73.1 Å². The van der Waals surface area contributed by atoms with Gasteiger partial charge >= 0.3 is 56.5 Å². The molecule has 0 aliphatic carbocycles. The van der Waals surface area contributed by atoms with Gasteiger partial charge < -0.3 is 9.30 Å². The van der Waals surface area contributed by atoms with Crippen molar-refractivity contribution in [1.82, 2.24) is 4.57 Å². The third-order valence-electron chi connectivity index (χ3n) is 2.25. The van der Waals surface area contributed by atoms with E-state index >= 15 is 0 Å². The van der Waals surface area contributed by atoms with Crippen molar-refractivity contribution in [3.05, 3.63) is 75.9 Å². The molecule has 2 aromatic rings. The van der Waals surface area contributed by atoms with Crippen LogP contribution in [0.2, 0.25) is 0 Å². The second-order valence-corrected chi connectivity index (χ2v) is 3.23. The Balaban J connectivity index is -0.000000116. The summed E-state index contributed by atoms with van der Waals surface area (Å²) < 4.78 is 44.2. The van der Waals surface area contributed by atoms with Gasteiger partial charge in [0.15, 0.2) is 0 Å². The fraction of sp³-hybridized carbons (Fsp3) is 0.111. The Morgan fingerprint density at radius 3 is 1.81 bits per heavy atom. The van der Waals surface area contributed by atoms with Crippen LogP contribution in [0, 0.1) is 51.7 Å². The van der Waals surface area contributed by atoms with E-state index in [4.69, 9.17) is 23.3 Å². The molecule has 0 aliphatic rings. The number of fused-ring (bicyclic) bond motifs is 1. The SMILES string of the molecule is CO[C]C#Cc1cn(C)c2ccccc12.[C-]#[O+].[C-]#[O+].[C-]#[O+].[C-]#[O+].[C-]#[O+].[Cr]. The van der Waals surface area contributed by atoms with Gasteiger partial charge in [0, 0.05) is 48.6 Å². The molecule has 1 aromatic heterocycles. The first-order chi connectivity index (χ1) is 12.3. The van der Waals surface area contributed by atoms with Crippen LogP contribution < -0.4 is 0 Å².